The summed E-state index contributed by atoms with van der Waals surface area (Å²) in [5, 5.41) is 20.0. The van der Waals surface area contributed by atoms with Crippen molar-refractivity contribution in [2.75, 3.05) is 19.0 Å². The second-order valence-electron chi connectivity index (χ2n) is 7.33. The molecule has 3 aromatic rings. The number of carbonyl (C=O) groups excluding carboxylic acids is 2. The van der Waals surface area contributed by atoms with Crippen molar-refractivity contribution in [1.29, 1.82) is 0 Å². The van der Waals surface area contributed by atoms with Crippen LogP contribution in [0.3, 0.4) is 0 Å². The Hall–Kier alpha value is -3.51. The van der Waals surface area contributed by atoms with Gasteiger partial charge in [-0.3, -0.25) is 9.59 Å². The molecule has 0 saturated carbocycles. The molecular weight excluding hydrogens is 416 g/mol. The molecule has 6 nitrogen and oxygen atoms in total. The molecule has 0 unspecified atom stereocenters. The highest BCUT2D eigenvalue weighted by atomic mass is 35.5. The number of rotatable bonds is 5. The third kappa shape index (κ3) is 4.64. The van der Waals surface area contributed by atoms with Gasteiger partial charge >= 0.3 is 0 Å². The molecule has 0 fully saturated rings. The molecule has 0 aliphatic heterocycles. The Morgan fingerprint density at radius 1 is 0.871 bits per heavy atom. The van der Waals surface area contributed by atoms with Gasteiger partial charge in [-0.15, -0.1) is 0 Å². The number of anilines is 1. The van der Waals surface area contributed by atoms with E-state index in [-0.39, 0.29) is 28.0 Å². The molecule has 2 amide bonds. The Kier molecular flexibility index (Phi) is 6.51. The van der Waals surface area contributed by atoms with E-state index in [1.54, 1.807) is 38.4 Å². The van der Waals surface area contributed by atoms with Crippen LogP contribution in [0.15, 0.2) is 66.7 Å². The van der Waals surface area contributed by atoms with E-state index < -0.39 is 11.9 Å². The molecule has 0 aliphatic rings. The summed E-state index contributed by atoms with van der Waals surface area (Å²) < 4.78 is 0. The minimum absolute atomic E-state index is 0.0413. The number of benzene rings is 3. The smallest absolute Gasteiger partial charge is 0.262 e. The summed E-state index contributed by atoms with van der Waals surface area (Å²) in [5.74, 6) is -1.34. The predicted octanol–water partition coefficient (Wildman–Crippen LogP) is 4.86. The molecule has 0 heterocycles. The van der Waals surface area contributed by atoms with Gasteiger partial charge in [-0.25, -0.2) is 0 Å². The number of phenols is 2. The number of halogens is 1. The molecule has 160 valence electrons. The van der Waals surface area contributed by atoms with Crippen LogP contribution in [0.1, 0.15) is 39.2 Å². The summed E-state index contributed by atoms with van der Waals surface area (Å²) in [7, 11) is 3.34. The zero-order valence-electron chi connectivity index (χ0n) is 17.4. The van der Waals surface area contributed by atoms with Gasteiger partial charge in [-0.05, 0) is 42.8 Å². The number of aromatic hydroxyl groups is 2. The van der Waals surface area contributed by atoms with E-state index in [0.29, 0.717) is 11.3 Å². The number of hydrogen-bond donors (Lipinski definition) is 2. The van der Waals surface area contributed by atoms with Crippen molar-refractivity contribution in [2.45, 2.75) is 13.0 Å². The molecule has 3 aromatic carbocycles. The van der Waals surface area contributed by atoms with Gasteiger partial charge < -0.3 is 20.0 Å². The Balaban J connectivity index is 2.08. The summed E-state index contributed by atoms with van der Waals surface area (Å²) in [4.78, 5) is 28.7. The maximum atomic E-state index is 13.5. The first-order valence-electron chi connectivity index (χ1n) is 9.62. The molecule has 0 aliphatic carbocycles. The van der Waals surface area contributed by atoms with E-state index in [0.717, 1.165) is 11.6 Å². The van der Waals surface area contributed by atoms with Gasteiger partial charge in [0.1, 0.15) is 11.5 Å². The second kappa shape index (κ2) is 9.10. The zero-order valence-corrected chi connectivity index (χ0v) is 18.2. The minimum atomic E-state index is -0.498. The summed E-state index contributed by atoms with van der Waals surface area (Å²) in [6.07, 6.45) is 0. The lowest BCUT2D eigenvalue weighted by atomic mass is 10.0. The summed E-state index contributed by atoms with van der Waals surface area (Å²) in [5.41, 5.74) is 1.87. The minimum Gasteiger partial charge on any atom is -0.507 e. The first-order valence-corrected chi connectivity index (χ1v) is 10.00. The highest BCUT2D eigenvalue weighted by Crippen LogP contribution is 2.35. The van der Waals surface area contributed by atoms with Crippen molar-refractivity contribution >= 4 is 29.1 Å². The SMILES string of the molecule is C[C@H](c1ccccc1)N(C(=O)c1cc(Cl)c(O)cc1O)c1ccc(C(=O)N(C)C)cc1. The van der Waals surface area contributed by atoms with Crippen molar-refractivity contribution in [3.05, 3.63) is 88.4 Å². The van der Waals surface area contributed by atoms with Gasteiger partial charge in [0.05, 0.1) is 16.6 Å². The fourth-order valence-electron chi connectivity index (χ4n) is 3.27. The average molecular weight is 439 g/mol. The van der Waals surface area contributed by atoms with Crippen LogP contribution in [-0.4, -0.2) is 41.0 Å². The number of nitrogens with zero attached hydrogens (tertiary/aromatic N) is 2. The standard InChI is InChI=1S/C24H23ClN2O4/c1-15(16-7-5-4-6-8-16)27(18-11-9-17(10-12-18)23(30)26(2)3)24(31)19-13-20(25)22(29)14-21(19)28/h4-15,28-29H,1-3H3/t15-/m1/s1. The molecule has 0 radical (unpaired) electrons. The van der Waals surface area contributed by atoms with Crippen LogP contribution < -0.4 is 4.90 Å². The normalized spacial score (nSPS) is 11.6. The van der Waals surface area contributed by atoms with Gasteiger partial charge in [0, 0.05) is 31.4 Å². The highest BCUT2D eigenvalue weighted by molar-refractivity contribution is 6.32. The second-order valence-corrected chi connectivity index (χ2v) is 7.74. The number of amides is 2. The van der Waals surface area contributed by atoms with Gasteiger partial charge in [0.25, 0.3) is 11.8 Å². The maximum Gasteiger partial charge on any atom is 0.262 e. The van der Waals surface area contributed by atoms with Crippen LogP contribution in [0.5, 0.6) is 11.5 Å². The summed E-state index contributed by atoms with van der Waals surface area (Å²) >= 11 is 5.99. The Morgan fingerprint density at radius 3 is 2.06 bits per heavy atom. The van der Waals surface area contributed by atoms with Crippen molar-refractivity contribution in [3.8, 4) is 11.5 Å². The van der Waals surface area contributed by atoms with Crippen LogP contribution in [0.25, 0.3) is 0 Å². The van der Waals surface area contributed by atoms with E-state index in [9.17, 15) is 19.8 Å². The number of carbonyl (C=O) groups is 2. The monoisotopic (exact) mass is 438 g/mol. The fourth-order valence-corrected chi connectivity index (χ4v) is 3.44. The van der Waals surface area contributed by atoms with Gasteiger partial charge in [0.2, 0.25) is 0 Å². The molecule has 7 heteroatoms. The van der Waals surface area contributed by atoms with Crippen LogP contribution in [-0.2, 0) is 0 Å². The van der Waals surface area contributed by atoms with Crippen LogP contribution in [0, 0.1) is 0 Å². The topological polar surface area (TPSA) is 81.1 Å². The fraction of sp³-hybridized carbons (Fsp3) is 0.167. The molecule has 1 atom stereocenters. The molecule has 3 rings (SSSR count). The van der Waals surface area contributed by atoms with Crippen LogP contribution >= 0.6 is 11.6 Å². The van der Waals surface area contributed by atoms with Gasteiger partial charge in [-0.1, -0.05) is 41.9 Å². The molecule has 0 aromatic heterocycles. The predicted molar refractivity (Wildman–Crippen MR) is 121 cm³/mol. The van der Waals surface area contributed by atoms with Gasteiger partial charge in [0.15, 0.2) is 0 Å². The molecule has 2 N–H and O–H groups in total. The lowest BCUT2D eigenvalue weighted by molar-refractivity contribution is 0.0827. The average Bonchev–Trinajstić information content (AvgIpc) is 2.76. The molecule has 0 spiro atoms. The third-order valence-corrected chi connectivity index (χ3v) is 5.28. The van der Waals surface area contributed by atoms with E-state index in [1.807, 2.05) is 37.3 Å². The first kappa shape index (κ1) is 22.2. The summed E-state index contributed by atoms with van der Waals surface area (Å²) in [6, 6.07) is 18.0. The van der Waals surface area contributed by atoms with Crippen molar-refractivity contribution < 1.29 is 19.8 Å². The zero-order chi connectivity index (χ0) is 22.7. The summed E-state index contributed by atoms with van der Waals surface area (Å²) in [6.45, 7) is 1.87. The van der Waals surface area contributed by atoms with E-state index in [2.05, 4.69) is 0 Å². The molecular formula is C24H23ClN2O4. The highest BCUT2D eigenvalue weighted by Gasteiger charge is 2.27. The molecule has 31 heavy (non-hydrogen) atoms. The van der Waals surface area contributed by atoms with Crippen molar-refractivity contribution in [2.24, 2.45) is 0 Å². The Morgan fingerprint density at radius 2 is 1.48 bits per heavy atom. The van der Waals surface area contributed by atoms with Crippen molar-refractivity contribution in [1.82, 2.24) is 4.90 Å². The van der Waals surface area contributed by atoms with E-state index in [4.69, 9.17) is 11.6 Å². The largest absolute Gasteiger partial charge is 0.507 e. The Labute approximate surface area is 185 Å². The van der Waals surface area contributed by atoms with Crippen LogP contribution in [0.2, 0.25) is 5.02 Å². The van der Waals surface area contributed by atoms with Crippen LogP contribution in [0.4, 0.5) is 5.69 Å². The first-order chi connectivity index (χ1) is 14.7. The Bertz CT molecular complexity index is 1100. The third-order valence-electron chi connectivity index (χ3n) is 4.98. The lowest BCUT2D eigenvalue weighted by Gasteiger charge is -2.30. The maximum absolute atomic E-state index is 13.5. The molecule has 0 saturated heterocycles. The molecule has 0 bridgehead atoms. The quantitative estimate of drug-likeness (QED) is 0.596. The van der Waals surface area contributed by atoms with E-state index >= 15 is 0 Å². The number of hydrogen-bond acceptors (Lipinski definition) is 4. The number of phenolic OH excluding ortho intramolecular Hbond substituents is 2. The van der Waals surface area contributed by atoms with Crippen molar-refractivity contribution in [3.63, 3.8) is 0 Å². The van der Waals surface area contributed by atoms with E-state index in [1.165, 1.54) is 15.9 Å². The lowest BCUT2D eigenvalue weighted by Crippen LogP contribution is -2.34. The van der Waals surface area contributed by atoms with Gasteiger partial charge in [-0.2, -0.15) is 0 Å².